The molecule has 0 unspecified atom stereocenters. The fourth-order valence-electron chi connectivity index (χ4n) is 1.64. The van der Waals surface area contributed by atoms with Crippen LogP contribution < -0.4 is 10.5 Å². The molecular formula is C14H21NO. The fraction of sp³-hybridized carbons (Fsp3) is 0.571. The van der Waals surface area contributed by atoms with Gasteiger partial charge in [-0.25, -0.2) is 0 Å². The van der Waals surface area contributed by atoms with Crippen LogP contribution in [0.1, 0.15) is 39.2 Å². The molecule has 0 amide bonds. The standard InChI is InChI=1S/C14H21NO/c1-14(2,3)11-6-7-13(12(15)8-11)16-9-10-4-5-10/h6-8,10H,4-5,9,15H2,1-3H3. The van der Waals surface area contributed by atoms with E-state index in [-0.39, 0.29) is 5.41 Å². The van der Waals surface area contributed by atoms with E-state index >= 15 is 0 Å². The highest BCUT2D eigenvalue weighted by Gasteiger charge is 2.22. The molecule has 1 saturated carbocycles. The minimum atomic E-state index is 0.142. The van der Waals surface area contributed by atoms with E-state index in [0.29, 0.717) is 0 Å². The minimum absolute atomic E-state index is 0.142. The van der Waals surface area contributed by atoms with Gasteiger partial charge in [0.1, 0.15) is 5.75 Å². The largest absolute Gasteiger partial charge is 0.491 e. The summed E-state index contributed by atoms with van der Waals surface area (Å²) < 4.78 is 5.70. The molecule has 0 aliphatic heterocycles. The van der Waals surface area contributed by atoms with Crippen molar-refractivity contribution in [1.29, 1.82) is 0 Å². The molecule has 2 heteroatoms. The molecule has 0 spiro atoms. The third-order valence-electron chi connectivity index (χ3n) is 3.05. The minimum Gasteiger partial charge on any atom is -0.491 e. The zero-order valence-electron chi connectivity index (χ0n) is 10.4. The molecule has 88 valence electrons. The van der Waals surface area contributed by atoms with Gasteiger partial charge in [-0.3, -0.25) is 0 Å². The van der Waals surface area contributed by atoms with Gasteiger partial charge in [-0.05, 0) is 41.9 Å². The molecule has 2 nitrogen and oxygen atoms in total. The van der Waals surface area contributed by atoms with Crippen LogP contribution in [-0.4, -0.2) is 6.61 Å². The molecule has 1 fully saturated rings. The Labute approximate surface area is 97.8 Å². The molecule has 1 aliphatic rings. The van der Waals surface area contributed by atoms with Gasteiger partial charge in [0, 0.05) is 0 Å². The Bertz CT molecular complexity index is 375. The monoisotopic (exact) mass is 219 g/mol. The third kappa shape index (κ3) is 2.69. The van der Waals surface area contributed by atoms with Gasteiger partial charge in [-0.1, -0.05) is 26.8 Å². The first-order chi connectivity index (χ1) is 7.47. The van der Waals surface area contributed by atoms with Crippen LogP contribution in [0.25, 0.3) is 0 Å². The summed E-state index contributed by atoms with van der Waals surface area (Å²) in [5.41, 5.74) is 8.15. The fourth-order valence-corrected chi connectivity index (χ4v) is 1.64. The van der Waals surface area contributed by atoms with Crippen LogP contribution in [0.2, 0.25) is 0 Å². The van der Waals surface area contributed by atoms with Crippen LogP contribution in [0.3, 0.4) is 0 Å². The lowest BCUT2D eigenvalue weighted by atomic mass is 9.87. The van der Waals surface area contributed by atoms with Crippen molar-refractivity contribution in [3.05, 3.63) is 23.8 Å². The average molecular weight is 219 g/mol. The SMILES string of the molecule is CC(C)(C)c1ccc(OCC2CC2)c(N)c1. The van der Waals surface area contributed by atoms with E-state index in [1.54, 1.807) is 0 Å². The molecule has 1 aromatic carbocycles. The molecule has 0 heterocycles. The lowest BCUT2D eigenvalue weighted by molar-refractivity contribution is 0.301. The first kappa shape index (κ1) is 11.3. The van der Waals surface area contributed by atoms with Gasteiger partial charge in [0.15, 0.2) is 0 Å². The van der Waals surface area contributed by atoms with Crippen LogP contribution in [0.15, 0.2) is 18.2 Å². The van der Waals surface area contributed by atoms with Gasteiger partial charge in [-0.15, -0.1) is 0 Å². The molecule has 2 rings (SSSR count). The van der Waals surface area contributed by atoms with Crippen LogP contribution >= 0.6 is 0 Å². The summed E-state index contributed by atoms with van der Waals surface area (Å²) in [6, 6.07) is 6.14. The maximum absolute atomic E-state index is 6.00. The average Bonchev–Trinajstić information content (AvgIpc) is 2.98. The molecule has 0 aromatic heterocycles. The molecule has 2 N–H and O–H groups in total. The Morgan fingerprint density at radius 1 is 1.31 bits per heavy atom. The number of nitrogens with two attached hydrogens (primary N) is 1. The third-order valence-corrected chi connectivity index (χ3v) is 3.05. The predicted molar refractivity (Wildman–Crippen MR) is 67.8 cm³/mol. The van der Waals surface area contributed by atoms with Gasteiger partial charge in [0.05, 0.1) is 12.3 Å². The number of anilines is 1. The second-order valence-electron chi connectivity index (χ2n) is 5.76. The Kier molecular flexibility index (Phi) is 2.83. The lowest BCUT2D eigenvalue weighted by Crippen LogP contribution is -2.12. The van der Waals surface area contributed by atoms with E-state index in [0.717, 1.165) is 24.0 Å². The van der Waals surface area contributed by atoms with Crippen molar-refractivity contribution in [1.82, 2.24) is 0 Å². The van der Waals surface area contributed by atoms with Crippen LogP contribution in [0, 0.1) is 5.92 Å². The van der Waals surface area contributed by atoms with E-state index in [1.807, 2.05) is 12.1 Å². The summed E-state index contributed by atoms with van der Waals surface area (Å²) in [7, 11) is 0. The molecule has 0 saturated heterocycles. The second kappa shape index (κ2) is 4.00. The predicted octanol–water partition coefficient (Wildman–Crippen LogP) is 3.36. The van der Waals surface area contributed by atoms with Crippen molar-refractivity contribution < 1.29 is 4.74 Å². The Hall–Kier alpha value is -1.18. The highest BCUT2D eigenvalue weighted by molar-refractivity contribution is 5.55. The zero-order chi connectivity index (χ0) is 11.8. The Balaban J connectivity index is 2.09. The van der Waals surface area contributed by atoms with Crippen molar-refractivity contribution in [3.63, 3.8) is 0 Å². The van der Waals surface area contributed by atoms with E-state index in [2.05, 4.69) is 26.8 Å². The maximum Gasteiger partial charge on any atom is 0.142 e. The summed E-state index contributed by atoms with van der Waals surface area (Å²) >= 11 is 0. The van der Waals surface area contributed by atoms with Crippen LogP contribution in [0.5, 0.6) is 5.75 Å². The number of rotatable bonds is 3. The first-order valence-electron chi connectivity index (χ1n) is 5.99. The summed E-state index contributed by atoms with van der Waals surface area (Å²) in [6.07, 6.45) is 2.61. The van der Waals surface area contributed by atoms with Gasteiger partial charge in [-0.2, -0.15) is 0 Å². The second-order valence-corrected chi connectivity index (χ2v) is 5.76. The molecule has 0 atom stereocenters. The number of nitrogen functional groups attached to an aromatic ring is 1. The van der Waals surface area contributed by atoms with Gasteiger partial charge in [0.25, 0.3) is 0 Å². The zero-order valence-corrected chi connectivity index (χ0v) is 10.4. The van der Waals surface area contributed by atoms with Crippen LogP contribution in [0.4, 0.5) is 5.69 Å². The topological polar surface area (TPSA) is 35.2 Å². The van der Waals surface area contributed by atoms with Gasteiger partial charge < -0.3 is 10.5 Å². The Morgan fingerprint density at radius 2 is 2.00 bits per heavy atom. The highest BCUT2D eigenvalue weighted by atomic mass is 16.5. The Morgan fingerprint density at radius 3 is 2.50 bits per heavy atom. The van der Waals surface area contributed by atoms with E-state index in [9.17, 15) is 0 Å². The van der Waals surface area contributed by atoms with E-state index in [1.165, 1.54) is 18.4 Å². The molecule has 16 heavy (non-hydrogen) atoms. The van der Waals surface area contributed by atoms with Crippen molar-refractivity contribution in [2.75, 3.05) is 12.3 Å². The molecule has 1 aliphatic carbocycles. The number of ether oxygens (including phenoxy) is 1. The van der Waals surface area contributed by atoms with E-state index in [4.69, 9.17) is 10.5 Å². The van der Waals surface area contributed by atoms with Crippen LogP contribution in [-0.2, 0) is 5.41 Å². The quantitative estimate of drug-likeness (QED) is 0.791. The number of hydrogen-bond donors (Lipinski definition) is 1. The summed E-state index contributed by atoms with van der Waals surface area (Å²) in [5, 5.41) is 0. The number of benzene rings is 1. The summed E-state index contributed by atoms with van der Waals surface area (Å²) in [5.74, 6) is 1.60. The number of hydrogen-bond acceptors (Lipinski definition) is 2. The normalized spacial score (nSPS) is 16.2. The van der Waals surface area contributed by atoms with Crippen molar-refractivity contribution in [2.45, 2.75) is 39.0 Å². The molecule has 0 radical (unpaired) electrons. The van der Waals surface area contributed by atoms with Gasteiger partial charge in [0.2, 0.25) is 0 Å². The highest BCUT2D eigenvalue weighted by Crippen LogP contribution is 2.33. The van der Waals surface area contributed by atoms with E-state index < -0.39 is 0 Å². The summed E-state index contributed by atoms with van der Waals surface area (Å²) in [6.45, 7) is 7.38. The van der Waals surface area contributed by atoms with Crippen molar-refractivity contribution in [3.8, 4) is 5.75 Å². The van der Waals surface area contributed by atoms with Gasteiger partial charge >= 0.3 is 0 Å². The summed E-state index contributed by atoms with van der Waals surface area (Å²) in [4.78, 5) is 0. The van der Waals surface area contributed by atoms with Crippen molar-refractivity contribution >= 4 is 5.69 Å². The molecular weight excluding hydrogens is 198 g/mol. The van der Waals surface area contributed by atoms with Crippen molar-refractivity contribution in [2.24, 2.45) is 5.92 Å². The smallest absolute Gasteiger partial charge is 0.142 e. The lowest BCUT2D eigenvalue weighted by Gasteiger charge is -2.20. The molecule has 0 bridgehead atoms. The maximum atomic E-state index is 6.00. The first-order valence-corrected chi connectivity index (χ1v) is 5.99. The molecule has 1 aromatic rings.